The normalized spacial score (nSPS) is 7.50. The summed E-state index contributed by atoms with van der Waals surface area (Å²) in [7, 11) is 0. The first-order valence-corrected chi connectivity index (χ1v) is 7.56. The van der Waals surface area contributed by atoms with Gasteiger partial charge >= 0.3 is 0 Å². The molecule has 0 aromatic carbocycles. The summed E-state index contributed by atoms with van der Waals surface area (Å²) in [5.74, 6) is -5.93. The Hall–Kier alpha value is -3.95. The molecule has 0 aliphatic heterocycles. The fourth-order valence-electron chi connectivity index (χ4n) is 0. The fraction of sp³-hybridized carbons (Fsp3) is 0.250. The van der Waals surface area contributed by atoms with Crippen molar-refractivity contribution in [3.63, 3.8) is 0 Å². The summed E-state index contributed by atoms with van der Waals surface area (Å²) in [5, 5.41) is 47.4. The van der Waals surface area contributed by atoms with Gasteiger partial charge in [0.25, 0.3) is 0 Å². The van der Waals surface area contributed by atoms with Crippen molar-refractivity contribution in [3.8, 4) is 0 Å². The maximum atomic E-state index is 9.49. The summed E-state index contributed by atoms with van der Waals surface area (Å²) >= 11 is 0. The average Bonchev–Trinajstić information content (AvgIpc) is 2.56. The van der Waals surface area contributed by atoms with Gasteiger partial charge in [0.05, 0.1) is 29.8 Å². The Labute approximate surface area is 175 Å². The summed E-state index contributed by atoms with van der Waals surface area (Å²) < 4.78 is 0. The Morgan fingerprint density at radius 3 is 0.400 bits per heavy atom. The highest BCUT2D eigenvalue weighted by atomic mass is 16.4. The van der Waals surface area contributed by atoms with E-state index in [2.05, 4.69) is 32.9 Å². The van der Waals surface area contributed by atoms with Crippen molar-refractivity contribution in [1.29, 1.82) is 0 Å². The molecule has 0 fully saturated rings. The third-order valence-corrected chi connectivity index (χ3v) is 1.74. The molecule has 0 radical (unpaired) electrons. The molecule has 0 aromatic rings. The van der Waals surface area contributed by atoms with E-state index >= 15 is 0 Å². The lowest BCUT2D eigenvalue weighted by Crippen LogP contribution is -2.22. The zero-order valence-corrected chi connectivity index (χ0v) is 17.6. The third kappa shape index (κ3) is 49.6. The first kappa shape index (κ1) is 36.9. The summed E-state index contributed by atoms with van der Waals surface area (Å²) in [6.07, 6.45) is 0. The molecule has 0 amide bonds. The molecule has 0 saturated heterocycles. The van der Waals surface area contributed by atoms with Crippen LogP contribution in [0.3, 0.4) is 0 Å². The summed E-state index contributed by atoms with van der Waals surface area (Å²) in [6.45, 7) is 22.4. The lowest BCUT2D eigenvalue weighted by molar-refractivity contribution is -0.300. The lowest BCUT2D eigenvalue weighted by atomic mass is 10.4. The van der Waals surface area contributed by atoms with E-state index in [1.54, 1.807) is 0 Å². The van der Waals surface area contributed by atoms with Gasteiger partial charge in [-0.25, -0.2) is 0 Å². The zero-order chi connectivity index (χ0) is 25.8. The molecule has 0 saturated carbocycles. The van der Waals surface area contributed by atoms with E-state index in [9.17, 15) is 49.5 Å². The van der Waals surface area contributed by atoms with Crippen molar-refractivity contribution < 1.29 is 49.5 Å². The van der Waals surface area contributed by atoms with E-state index in [-0.39, 0.29) is 27.9 Å². The topological polar surface area (TPSA) is 201 Å². The van der Waals surface area contributed by atoms with Crippen molar-refractivity contribution in [1.82, 2.24) is 0 Å². The minimum atomic E-state index is -1.19. The van der Waals surface area contributed by atoms with Gasteiger partial charge in [-0.2, -0.15) is 0 Å². The van der Waals surface area contributed by atoms with Gasteiger partial charge in [0.2, 0.25) is 0 Å². The maximum absolute atomic E-state index is 9.49. The quantitative estimate of drug-likeness (QED) is 0.399. The average molecular weight is 425 g/mol. The molecule has 0 N–H and O–H groups in total. The number of hydrogen-bond donors (Lipinski definition) is 0. The molecule has 0 bridgehead atoms. The van der Waals surface area contributed by atoms with Gasteiger partial charge in [-0.1, -0.05) is 32.9 Å². The van der Waals surface area contributed by atoms with Crippen LogP contribution >= 0.6 is 0 Å². The van der Waals surface area contributed by atoms with Crippen LogP contribution in [0, 0.1) is 0 Å². The van der Waals surface area contributed by atoms with Gasteiger partial charge in [0.15, 0.2) is 0 Å². The van der Waals surface area contributed by atoms with Crippen molar-refractivity contribution in [2.75, 3.05) is 0 Å². The van der Waals surface area contributed by atoms with Gasteiger partial charge < -0.3 is 49.5 Å². The van der Waals surface area contributed by atoms with Crippen molar-refractivity contribution >= 4 is 29.8 Å². The number of carboxylic acid groups (broad SMARTS) is 5. The highest BCUT2D eigenvalue weighted by molar-refractivity contribution is 5.84. The molecular formula is C20H25O10-5. The SMILES string of the molecule is C=C(C)C(=O)[O-].C=C(C)C(=O)[O-].C=C(C)C(=O)[O-].C=C(C)C(=O)[O-].C=C(C)C(=O)[O-]. The first-order valence-electron chi connectivity index (χ1n) is 7.56. The number of carbonyl (C=O) groups excluding carboxylic acids is 5. The van der Waals surface area contributed by atoms with Crippen LogP contribution in [-0.4, -0.2) is 29.8 Å². The molecule has 0 rings (SSSR count). The second kappa shape index (κ2) is 21.4. The number of carboxylic acids is 5. The highest BCUT2D eigenvalue weighted by Gasteiger charge is 1.78. The largest absolute Gasteiger partial charge is 0.545 e. The van der Waals surface area contributed by atoms with E-state index in [1.807, 2.05) is 0 Å². The lowest BCUT2D eigenvalue weighted by Gasteiger charge is -1.93. The monoisotopic (exact) mass is 425 g/mol. The minimum absolute atomic E-state index is 0.0648. The molecule has 0 aromatic heterocycles. The molecule has 0 aliphatic rings. The molecule has 0 spiro atoms. The maximum Gasteiger partial charge on any atom is 0.0666 e. The molecule has 170 valence electrons. The summed E-state index contributed by atoms with van der Waals surface area (Å²) in [6, 6.07) is 0. The van der Waals surface area contributed by atoms with Crippen LogP contribution in [0.2, 0.25) is 0 Å². The molecule has 0 atom stereocenters. The fourth-order valence-corrected chi connectivity index (χ4v) is 0. The van der Waals surface area contributed by atoms with Crippen molar-refractivity contribution in [2.24, 2.45) is 0 Å². The highest BCUT2D eigenvalue weighted by Crippen LogP contribution is 1.79. The van der Waals surface area contributed by atoms with Crippen LogP contribution in [0.5, 0.6) is 0 Å². The number of rotatable bonds is 5. The summed E-state index contributed by atoms with van der Waals surface area (Å²) in [4.78, 5) is 47.4. The minimum Gasteiger partial charge on any atom is -0.545 e. The van der Waals surface area contributed by atoms with Gasteiger partial charge in [0.1, 0.15) is 0 Å². The Bertz CT molecular complexity index is 497. The van der Waals surface area contributed by atoms with Crippen LogP contribution in [0.25, 0.3) is 0 Å². The van der Waals surface area contributed by atoms with Gasteiger partial charge in [-0.3, -0.25) is 0 Å². The van der Waals surface area contributed by atoms with Crippen molar-refractivity contribution in [3.05, 3.63) is 60.8 Å². The Morgan fingerprint density at radius 2 is 0.400 bits per heavy atom. The van der Waals surface area contributed by atoms with Crippen LogP contribution in [-0.2, 0) is 24.0 Å². The van der Waals surface area contributed by atoms with Gasteiger partial charge in [0, 0.05) is 0 Å². The molecule has 10 heteroatoms. The van der Waals surface area contributed by atoms with Crippen LogP contribution < -0.4 is 25.5 Å². The molecule has 0 unspecified atom stereocenters. The second-order valence-electron chi connectivity index (χ2n) is 5.34. The molecule has 30 heavy (non-hydrogen) atoms. The molecule has 0 aliphatic carbocycles. The van der Waals surface area contributed by atoms with Crippen LogP contribution in [0.1, 0.15) is 34.6 Å². The van der Waals surface area contributed by atoms with E-state index in [4.69, 9.17) is 0 Å². The van der Waals surface area contributed by atoms with E-state index in [0.29, 0.717) is 0 Å². The zero-order valence-electron chi connectivity index (χ0n) is 17.6. The predicted molar refractivity (Wildman–Crippen MR) is 99.1 cm³/mol. The van der Waals surface area contributed by atoms with Crippen molar-refractivity contribution in [2.45, 2.75) is 34.6 Å². The number of hydrogen-bond acceptors (Lipinski definition) is 10. The van der Waals surface area contributed by atoms with E-state index in [0.717, 1.165) is 0 Å². The van der Waals surface area contributed by atoms with E-state index in [1.165, 1.54) is 34.6 Å². The standard InChI is InChI=1S/5C4H6O2/c5*1-3(2)4(5)6/h5*1H2,2H3,(H,5,6)/p-5. The van der Waals surface area contributed by atoms with Gasteiger partial charge in [-0.15, -0.1) is 0 Å². The van der Waals surface area contributed by atoms with E-state index < -0.39 is 29.8 Å². The third-order valence-electron chi connectivity index (χ3n) is 1.74. The summed E-state index contributed by atoms with van der Waals surface area (Å²) in [5.41, 5.74) is 0.324. The Kier molecular flexibility index (Phi) is 26.3. The smallest absolute Gasteiger partial charge is 0.0666 e. The first-order chi connectivity index (χ1) is 13.2. The van der Waals surface area contributed by atoms with Gasteiger partial charge in [-0.05, 0) is 62.5 Å². The predicted octanol–water partition coefficient (Wildman–Crippen LogP) is -3.44. The molecular weight excluding hydrogens is 400 g/mol. The Morgan fingerprint density at radius 1 is 0.367 bits per heavy atom. The number of carbonyl (C=O) groups is 5. The molecule has 0 heterocycles. The Balaban J connectivity index is -0.0000000868. The second-order valence-corrected chi connectivity index (χ2v) is 5.34. The number of aliphatic carboxylic acids is 5. The van der Waals surface area contributed by atoms with Crippen LogP contribution in [0.4, 0.5) is 0 Å². The molecule has 10 nitrogen and oxygen atoms in total. The van der Waals surface area contributed by atoms with Crippen LogP contribution in [0.15, 0.2) is 60.8 Å².